The van der Waals surface area contributed by atoms with Crippen molar-refractivity contribution in [1.29, 1.82) is 5.26 Å². The topological polar surface area (TPSA) is 144 Å². The van der Waals surface area contributed by atoms with Crippen LogP contribution in [-0.2, 0) is 4.74 Å². The largest absolute Gasteiger partial charge is 0.476 e. The maximum Gasteiger partial charge on any atom is 0.255 e. The van der Waals surface area contributed by atoms with E-state index >= 15 is 0 Å². The number of halogens is 3. The zero-order valence-corrected chi connectivity index (χ0v) is 26.7. The molecule has 2 fully saturated rings. The molecule has 48 heavy (non-hydrogen) atoms. The van der Waals surface area contributed by atoms with Gasteiger partial charge in [-0.05, 0) is 30.3 Å². The van der Waals surface area contributed by atoms with Crippen LogP contribution >= 0.6 is 11.6 Å². The average Bonchev–Trinajstić information content (AvgIpc) is 3.54. The van der Waals surface area contributed by atoms with E-state index in [0.29, 0.717) is 62.4 Å². The second kappa shape index (κ2) is 15.2. The number of carbonyl (C=O) groups is 1. The van der Waals surface area contributed by atoms with E-state index in [9.17, 15) is 18.7 Å². The number of ether oxygens (including phenoxy) is 2. The fourth-order valence-electron chi connectivity index (χ4n) is 5.74. The Morgan fingerprint density at radius 1 is 1.10 bits per heavy atom. The number of anilines is 2. The molecule has 0 saturated carbocycles. The highest BCUT2D eigenvalue weighted by atomic mass is 35.5. The zero-order valence-electron chi connectivity index (χ0n) is 25.9. The van der Waals surface area contributed by atoms with Crippen LogP contribution in [0.3, 0.4) is 0 Å². The van der Waals surface area contributed by atoms with Gasteiger partial charge in [-0.2, -0.15) is 9.65 Å². The normalized spacial score (nSPS) is 17.4. The molecule has 16 heteroatoms. The van der Waals surface area contributed by atoms with Gasteiger partial charge in [-0.3, -0.25) is 19.0 Å². The molecule has 0 unspecified atom stereocenters. The summed E-state index contributed by atoms with van der Waals surface area (Å²) in [6, 6.07) is 9.39. The molecule has 3 N–H and O–H groups in total. The average molecular weight is 682 g/mol. The molecule has 2 saturated heterocycles. The lowest BCUT2D eigenvalue weighted by Gasteiger charge is -2.36. The second-order valence-electron chi connectivity index (χ2n) is 11.4. The molecule has 252 valence electrons. The molecule has 2 aliphatic heterocycles. The SMILES string of the molecule is N#CCOc1ccc(-c2cnc3c(Nc4ccc(C(=O)N5CCN(COCN6CCN[C@@H](CO)C6)CC5)c(Cl)c4)nccn23)c(F)c1F. The number of aliphatic hydroxyl groups is 1. The Morgan fingerprint density at radius 2 is 1.92 bits per heavy atom. The Labute approximate surface area is 280 Å². The minimum absolute atomic E-state index is 0.0483. The smallest absolute Gasteiger partial charge is 0.255 e. The Morgan fingerprint density at radius 3 is 2.69 bits per heavy atom. The van der Waals surface area contributed by atoms with Crippen LogP contribution < -0.4 is 15.4 Å². The number of benzene rings is 2. The summed E-state index contributed by atoms with van der Waals surface area (Å²) in [6.07, 6.45) is 4.46. The summed E-state index contributed by atoms with van der Waals surface area (Å²) in [5.41, 5.74) is 1.50. The summed E-state index contributed by atoms with van der Waals surface area (Å²) in [7, 11) is 0. The van der Waals surface area contributed by atoms with Gasteiger partial charge in [-0.1, -0.05) is 11.6 Å². The van der Waals surface area contributed by atoms with Crippen LogP contribution in [0.15, 0.2) is 48.9 Å². The van der Waals surface area contributed by atoms with Gasteiger partial charge in [0.25, 0.3) is 5.91 Å². The number of nitrogens with one attached hydrogen (secondary N) is 2. The number of hydrogen-bond donors (Lipinski definition) is 3. The molecule has 2 aliphatic rings. The lowest BCUT2D eigenvalue weighted by atomic mass is 10.1. The van der Waals surface area contributed by atoms with Crippen molar-refractivity contribution in [2.75, 3.05) is 77.8 Å². The maximum absolute atomic E-state index is 15.0. The van der Waals surface area contributed by atoms with Crippen molar-refractivity contribution in [1.82, 2.24) is 34.4 Å². The molecule has 2 aromatic carbocycles. The van der Waals surface area contributed by atoms with E-state index in [1.807, 2.05) is 0 Å². The Bertz CT molecular complexity index is 1810. The van der Waals surface area contributed by atoms with Gasteiger partial charge >= 0.3 is 0 Å². The van der Waals surface area contributed by atoms with Crippen LogP contribution in [-0.4, -0.2) is 119 Å². The first-order valence-electron chi connectivity index (χ1n) is 15.4. The number of fused-ring (bicyclic) bond motifs is 1. The number of imidazole rings is 1. The van der Waals surface area contributed by atoms with Crippen LogP contribution in [0, 0.1) is 23.0 Å². The highest BCUT2D eigenvalue weighted by Crippen LogP contribution is 2.32. The van der Waals surface area contributed by atoms with Crippen LogP contribution in [0.25, 0.3) is 16.9 Å². The lowest BCUT2D eigenvalue weighted by molar-refractivity contribution is -0.0497. The van der Waals surface area contributed by atoms with Crippen molar-refractivity contribution in [3.63, 3.8) is 0 Å². The molecular weight excluding hydrogens is 648 g/mol. The molecule has 0 spiro atoms. The highest BCUT2D eigenvalue weighted by Gasteiger charge is 2.25. The number of carbonyl (C=O) groups excluding carboxylic acids is 1. The molecule has 2 aromatic heterocycles. The molecule has 1 atom stereocenters. The van der Waals surface area contributed by atoms with Gasteiger partial charge < -0.3 is 30.1 Å². The quantitative estimate of drug-likeness (QED) is 0.215. The first-order valence-corrected chi connectivity index (χ1v) is 15.8. The zero-order chi connectivity index (χ0) is 33.6. The fraction of sp³-hybridized carbons (Fsp3) is 0.375. The van der Waals surface area contributed by atoms with Crippen LogP contribution in [0.5, 0.6) is 5.75 Å². The maximum atomic E-state index is 15.0. The Balaban J connectivity index is 1.06. The van der Waals surface area contributed by atoms with Crippen LogP contribution in [0.1, 0.15) is 10.4 Å². The summed E-state index contributed by atoms with van der Waals surface area (Å²) in [4.78, 5) is 28.2. The first-order chi connectivity index (χ1) is 23.4. The number of nitriles is 1. The van der Waals surface area contributed by atoms with Gasteiger partial charge in [0.1, 0.15) is 19.5 Å². The first kappa shape index (κ1) is 33.5. The number of amides is 1. The van der Waals surface area contributed by atoms with E-state index < -0.39 is 18.2 Å². The van der Waals surface area contributed by atoms with E-state index in [1.54, 1.807) is 39.8 Å². The minimum atomic E-state index is -1.20. The molecule has 1 amide bonds. The summed E-state index contributed by atoms with van der Waals surface area (Å²) in [6.45, 7) is 5.48. The number of hydrogen-bond acceptors (Lipinski definition) is 11. The second-order valence-corrected chi connectivity index (χ2v) is 11.8. The van der Waals surface area contributed by atoms with Crippen molar-refractivity contribution in [3.8, 4) is 23.1 Å². The lowest BCUT2D eigenvalue weighted by Crippen LogP contribution is -2.53. The van der Waals surface area contributed by atoms with Crippen molar-refractivity contribution in [2.24, 2.45) is 0 Å². The summed E-state index contributed by atoms with van der Waals surface area (Å²) < 4.78 is 42.0. The van der Waals surface area contributed by atoms with E-state index in [4.69, 9.17) is 26.3 Å². The predicted molar refractivity (Wildman–Crippen MR) is 173 cm³/mol. The Hall–Kier alpha value is -4.43. The van der Waals surface area contributed by atoms with Crippen molar-refractivity contribution < 1.29 is 28.2 Å². The van der Waals surface area contributed by atoms with Gasteiger partial charge in [0, 0.05) is 75.5 Å². The van der Waals surface area contributed by atoms with Crippen LogP contribution in [0.4, 0.5) is 20.3 Å². The fourth-order valence-corrected chi connectivity index (χ4v) is 6.01. The third-order valence-corrected chi connectivity index (χ3v) is 8.59. The van der Waals surface area contributed by atoms with Gasteiger partial charge in [-0.15, -0.1) is 0 Å². The van der Waals surface area contributed by atoms with E-state index in [1.165, 1.54) is 24.5 Å². The molecule has 4 heterocycles. The number of nitrogens with zero attached hydrogens (tertiary/aromatic N) is 7. The molecule has 0 aliphatic carbocycles. The minimum Gasteiger partial charge on any atom is -0.476 e. The van der Waals surface area contributed by atoms with Gasteiger partial charge in [-0.25, -0.2) is 14.4 Å². The van der Waals surface area contributed by atoms with Crippen molar-refractivity contribution in [2.45, 2.75) is 6.04 Å². The van der Waals surface area contributed by atoms with Crippen LogP contribution in [0.2, 0.25) is 5.02 Å². The van der Waals surface area contributed by atoms with Gasteiger partial charge in [0.15, 0.2) is 29.6 Å². The summed E-state index contributed by atoms with van der Waals surface area (Å²) >= 11 is 6.59. The third kappa shape index (κ3) is 7.34. The number of aromatic nitrogens is 3. The molecule has 0 radical (unpaired) electrons. The van der Waals surface area contributed by atoms with E-state index in [0.717, 1.165) is 19.6 Å². The van der Waals surface area contributed by atoms with E-state index in [-0.39, 0.29) is 40.6 Å². The molecular formula is C32H34ClF2N9O4. The Kier molecular flexibility index (Phi) is 10.6. The molecule has 4 aromatic rings. The monoisotopic (exact) mass is 681 g/mol. The standard InChI is InChI=1S/C32H34ClF2N9O4/c33-25-15-21(1-2-23(25)32(46)43-12-10-41(11-13-43)19-47-20-42-8-6-37-22(17-42)18-45)40-30-31-39-16-26(44(31)9-7-38-30)24-3-4-27(48-14-5-36)29(35)28(24)34/h1-4,7,9,15-16,22,37,45H,6,8,10-14,17-20H2,(H,38,40)/t22-/m1/s1. The number of piperazine rings is 2. The van der Waals surface area contributed by atoms with Crippen molar-refractivity contribution in [3.05, 3.63) is 71.1 Å². The van der Waals surface area contributed by atoms with E-state index in [2.05, 4.69) is 30.4 Å². The summed E-state index contributed by atoms with van der Waals surface area (Å²) in [5.74, 6) is -2.54. The molecule has 0 bridgehead atoms. The predicted octanol–water partition coefficient (Wildman–Crippen LogP) is 2.93. The molecule has 6 rings (SSSR count). The van der Waals surface area contributed by atoms with Crippen molar-refractivity contribution >= 4 is 34.7 Å². The summed E-state index contributed by atoms with van der Waals surface area (Å²) in [5, 5.41) is 24.7. The third-order valence-electron chi connectivity index (χ3n) is 8.27. The van der Waals surface area contributed by atoms with Gasteiger partial charge in [0.2, 0.25) is 5.82 Å². The molecule has 13 nitrogen and oxygen atoms in total. The number of rotatable bonds is 11. The van der Waals surface area contributed by atoms with Gasteiger partial charge in [0.05, 0.1) is 29.1 Å². The number of aliphatic hydroxyl groups excluding tert-OH is 1. The highest BCUT2D eigenvalue weighted by molar-refractivity contribution is 6.34.